The lowest BCUT2D eigenvalue weighted by atomic mass is 10.3. The van der Waals surface area contributed by atoms with Crippen LogP contribution in [0.25, 0.3) is 0 Å². The van der Waals surface area contributed by atoms with Gasteiger partial charge in [0, 0.05) is 25.9 Å². The maximum atomic E-state index is 10.8. The molecular formula is C15H26O8. The molecule has 0 amide bonds. The fraction of sp³-hybridized carbons (Fsp3) is 0.600. The maximum absolute atomic E-state index is 10.8. The standard InChI is InChI=1S/C8H14O4.C7H12O4/c1-6(2)8(10)12-5-7(9)4-11-3;1-3-7(9)11-5-6(8)4-10-2/h7,9H,1,4-5H2,2-3H3;3,6,8H,1,4-5H2,2H3. The third kappa shape index (κ3) is 16.5. The Morgan fingerprint density at radius 3 is 1.78 bits per heavy atom. The second-order valence-electron chi connectivity index (χ2n) is 4.43. The minimum absolute atomic E-state index is 0.0560. The summed E-state index contributed by atoms with van der Waals surface area (Å²) in [5.74, 6) is -1.04. The van der Waals surface area contributed by atoms with E-state index in [0.717, 1.165) is 6.08 Å². The van der Waals surface area contributed by atoms with Crippen molar-refractivity contribution in [3.63, 3.8) is 0 Å². The van der Waals surface area contributed by atoms with Crippen LogP contribution in [-0.2, 0) is 28.5 Å². The molecule has 0 aromatic carbocycles. The smallest absolute Gasteiger partial charge is 0.333 e. The van der Waals surface area contributed by atoms with E-state index in [1.54, 1.807) is 6.92 Å². The van der Waals surface area contributed by atoms with Gasteiger partial charge < -0.3 is 29.2 Å². The molecule has 2 atom stereocenters. The van der Waals surface area contributed by atoms with E-state index >= 15 is 0 Å². The van der Waals surface area contributed by atoms with Crippen molar-refractivity contribution in [2.24, 2.45) is 0 Å². The predicted octanol–water partition coefficient (Wildman–Crippen LogP) is -0.164. The molecule has 0 aromatic rings. The average molecular weight is 334 g/mol. The lowest BCUT2D eigenvalue weighted by molar-refractivity contribution is -0.143. The summed E-state index contributed by atoms with van der Waals surface area (Å²) in [5.41, 5.74) is 0.319. The first-order chi connectivity index (χ1) is 10.8. The van der Waals surface area contributed by atoms with Crippen LogP contribution < -0.4 is 0 Å². The fourth-order valence-electron chi connectivity index (χ4n) is 1.01. The average Bonchev–Trinajstić information content (AvgIpc) is 2.51. The minimum Gasteiger partial charge on any atom is -0.460 e. The van der Waals surface area contributed by atoms with Crippen LogP contribution in [0.5, 0.6) is 0 Å². The maximum Gasteiger partial charge on any atom is 0.333 e. The number of carbonyl (C=O) groups is 2. The Balaban J connectivity index is 0. The van der Waals surface area contributed by atoms with E-state index < -0.39 is 24.1 Å². The summed E-state index contributed by atoms with van der Waals surface area (Å²) >= 11 is 0. The van der Waals surface area contributed by atoms with Gasteiger partial charge in [0.25, 0.3) is 0 Å². The van der Waals surface area contributed by atoms with Crippen LogP contribution in [0.3, 0.4) is 0 Å². The highest BCUT2D eigenvalue weighted by Gasteiger charge is 2.08. The van der Waals surface area contributed by atoms with Crippen LogP contribution in [-0.4, -0.2) is 75.0 Å². The zero-order chi connectivity index (χ0) is 18.3. The monoisotopic (exact) mass is 334 g/mol. The van der Waals surface area contributed by atoms with Crippen LogP contribution in [0, 0.1) is 0 Å². The Labute approximate surface area is 136 Å². The molecule has 134 valence electrons. The van der Waals surface area contributed by atoms with Crippen LogP contribution in [0.2, 0.25) is 0 Å². The number of carbonyl (C=O) groups excluding carboxylic acids is 2. The summed E-state index contributed by atoms with van der Waals surface area (Å²) in [4.78, 5) is 21.2. The SMILES string of the molecule is C=C(C)C(=O)OCC(O)COC.C=CC(=O)OCC(O)COC. The summed E-state index contributed by atoms with van der Waals surface area (Å²) in [6, 6.07) is 0. The van der Waals surface area contributed by atoms with Gasteiger partial charge in [-0.1, -0.05) is 13.2 Å². The number of methoxy groups -OCH3 is 2. The van der Waals surface area contributed by atoms with Gasteiger partial charge in [-0.15, -0.1) is 0 Å². The molecule has 0 spiro atoms. The van der Waals surface area contributed by atoms with E-state index in [0.29, 0.717) is 5.57 Å². The predicted molar refractivity (Wildman–Crippen MR) is 82.7 cm³/mol. The van der Waals surface area contributed by atoms with Gasteiger partial charge in [-0.3, -0.25) is 0 Å². The van der Waals surface area contributed by atoms with Crippen LogP contribution in [0.4, 0.5) is 0 Å². The first kappa shape index (κ1) is 23.5. The molecule has 2 N–H and O–H groups in total. The highest BCUT2D eigenvalue weighted by atomic mass is 16.6. The molecule has 0 saturated carbocycles. The Kier molecular flexibility index (Phi) is 15.5. The molecule has 0 bridgehead atoms. The van der Waals surface area contributed by atoms with Gasteiger partial charge >= 0.3 is 11.9 Å². The van der Waals surface area contributed by atoms with E-state index in [9.17, 15) is 9.59 Å². The lowest BCUT2D eigenvalue weighted by Gasteiger charge is -2.09. The molecule has 0 saturated heterocycles. The zero-order valence-corrected chi connectivity index (χ0v) is 13.8. The number of hydrogen-bond acceptors (Lipinski definition) is 8. The summed E-state index contributed by atoms with van der Waals surface area (Å²) in [7, 11) is 2.92. The highest BCUT2D eigenvalue weighted by Crippen LogP contribution is 1.94. The second kappa shape index (κ2) is 15.2. The van der Waals surface area contributed by atoms with Gasteiger partial charge in [-0.2, -0.15) is 0 Å². The summed E-state index contributed by atoms with van der Waals surface area (Å²) in [5, 5.41) is 18.0. The highest BCUT2D eigenvalue weighted by molar-refractivity contribution is 5.86. The molecule has 0 fully saturated rings. The van der Waals surface area contributed by atoms with E-state index in [1.165, 1.54) is 14.2 Å². The number of ether oxygens (including phenoxy) is 4. The normalized spacial score (nSPS) is 12.2. The van der Waals surface area contributed by atoms with E-state index in [2.05, 4.69) is 32.1 Å². The molecule has 0 radical (unpaired) electrons. The van der Waals surface area contributed by atoms with Crippen molar-refractivity contribution in [3.8, 4) is 0 Å². The van der Waals surface area contributed by atoms with E-state index in [4.69, 9.17) is 10.2 Å². The molecule has 0 rings (SSSR count). The van der Waals surface area contributed by atoms with E-state index in [1.807, 2.05) is 0 Å². The quantitative estimate of drug-likeness (QED) is 0.419. The summed E-state index contributed by atoms with van der Waals surface area (Å²) < 4.78 is 18.4. The Morgan fingerprint density at radius 1 is 1.00 bits per heavy atom. The van der Waals surface area contributed by atoms with Gasteiger partial charge in [-0.05, 0) is 6.92 Å². The van der Waals surface area contributed by atoms with Crippen LogP contribution in [0.1, 0.15) is 6.92 Å². The zero-order valence-electron chi connectivity index (χ0n) is 13.8. The largest absolute Gasteiger partial charge is 0.460 e. The Morgan fingerprint density at radius 2 is 1.43 bits per heavy atom. The number of aliphatic hydroxyl groups is 2. The number of hydrogen-bond donors (Lipinski definition) is 2. The number of rotatable bonds is 10. The number of aliphatic hydroxyl groups excluding tert-OH is 2. The molecular weight excluding hydrogens is 308 g/mol. The van der Waals surface area contributed by atoms with Gasteiger partial charge in [0.1, 0.15) is 25.4 Å². The van der Waals surface area contributed by atoms with Crippen molar-refractivity contribution in [1.82, 2.24) is 0 Å². The van der Waals surface area contributed by atoms with Gasteiger partial charge in [0.05, 0.1) is 13.2 Å². The molecule has 8 nitrogen and oxygen atoms in total. The third-order valence-corrected chi connectivity index (χ3v) is 2.06. The molecule has 0 aliphatic heterocycles. The van der Waals surface area contributed by atoms with Crippen molar-refractivity contribution >= 4 is 11.9 Å². The summed E-state index contributed by atoms with van der Waals surface area (Å²) in [6.07, 6.45) is -0.485. The van der Waals surface area contributed by atoms with Crippen molar-refractivity contribution in [2.45, 2.75) is 19.1 Å². The Bertz CT molecular complexity index is 366. The van der Waals surface area contributed by atoms with Crippen molar-refractivity contribution in [3.05, 3.63) is 24.8 Å². The van der Waals surface area contributed by atoms with Crippen LogP contribution in [0.15, 0.2) is 24.8 Å². The second-order valence-corrected chi connectivity index (χ2v) is 4.43. The first-order valence-corrected chi connectivity index (χ1v) is 6.74. The van der Waals surface area contributed by atoms with Gasteiger partial charge in [-0.25, -0.2) is 9.59 Å². The van der Waals surface area contributed by atoms with Crippen LogP contribution >= 0.6 is 0 Å². The number of esters is 2. The Hall–Kier alpha value is -1.74. The molecule has 0 aromatic heterocycles. The molecule has 0 heterocycles. The van der Waals surface area contributed by atoms with E-state index in [-0.39, 0.29) is 26.4 Å². The fourth-order valence-corrected chi connectivity index (χ4v) is 1.01. The molecule has 8 heteroatoms. The summed E-state index contributed by atoms with van der Waals surface area (Å²) in [6.45, 7) is 8.34. The van der Waals surface area contributed by atoms with Crippen molar-refractivity contribution < 1.29 is 38.7 Å². The molecule has 0 aliphatic carbocycles. The van der Waals surface area contributed by atoms with Crippen molar-refractivity contribution in [1.29, 1.82) is 0 Å². The van der Waals surface area contributed by atoms with Gasteiger partial charge in [0.15, 0.2) is 0 Å². The van der Waals surface area contributed by atoms with Gasteiger partial charge in [0.2, 0.25) is 0 Å². The third-order valence-electron chi connectivity index (χ3n) is 2.06. The topological polar surface area (TPSA) is 112 Å². The minimum atomic E-state index is -0.765. The molecule has 2 unspecified atom stereocenters. The molecule has 0 aliphatic rings. The lowest BCUT2D eigenvalue weighted by Crippen LogP contribution is -2.23. The molecule has 23 heavy (non-hydrogen) atoms. The van der Waals surface area contributed by atoms with Crippen molar-refractivity contribution in [2.75, 3.05) is 40.6 Å². The first-order valence-electron chi connectivity index (χ1n) is 6.74.